The minimum Gasteiger partial charge on any atom is -0.369 e. The van der Waals surface area contributed by atoms with Crippen LogP contribution in [0.1, 0.15) is 18.5 Å². The highest BCUT2D eigenvalue weighted by atomic mass is 16.5. The lowest BCUT2D eigenvalue weighted by atomic mass is 10.1. The van der Waals surface area contributed by atoms with Crippen LogP contribution in [0.4, 0.5) is 0 Å². The third-order valence-corrected chi connectivity index (χ3v) is 2.42. The van der Waals surface area contributed by atoms with E-state index < -0.39 is 0 Å². The average molecular weight is 209 g/mol. The van der Waals surface area contributed by atoms with Crippen molar-refractivity contribution >= 4 is 0 Å². The second-order valence-electron chi connectivity index (χ2n) is 3.51. The number of rotatable bonds is 6. The van der Waals surface area contributed by atoms with E-state index in [1.807, 2.05) is 18.2 Å². The summed E-state index contributed by atoms with van der Waals surface area (Å²) in [6, 6.07) is 10.6. The molecule has 0 heterocycles. The van der Waals surface area contributed by atoms with Crippen LogP contribution in [0.25, 0.3) is 0 Å². The van der Waals surface area contributed by atoms with Gasteiger partial charge in [0.25, 0.3) is 0 Å². The molecule has 0 aliphatic rings. The van der Waals surface area contributed by atoms with Crippen molar-refractivity contribution in [3.05, 3.63) is 35.9 Å². The molecule has 0 radical (unpaired) electrons. The SMILES string of the molecule is COCN(COC)[C@H](C)c1ccccc1. The lowest BCUT2D eigenvalue weighted by Crippen LogP contribution is -2.30. The molecule has 0 aliphatic carbocycles. The van der Waals surface area contributed by atoms with Crippen molar-refractivity contribution in [2.24, 2.45) is 0 Å². The maximum Gasteiger partial charge on any atom is 0.101 e. The number of ether oxygens (including phenoxy) is 2. The third kappa shape index (κ3) is 3.63. The van der Waals surface area contributed by atoms with Gasteiger partial charge >= 0.3 is 0 Å². The van der Waals surface area contributed by atoms with Crippen LogP contribution in [0.15, 0.2) is 30.3 Å². The Hall–Kier alpha value is -0.900. The van der Waals surface area contributed by atoms with Gasteiger partial charge in [-0.3, -0.25) is 4.90 Å². The van der Waals surface area contributed by atoms with Gasteiger partial charge in [0.05, 0.1) is 0 Å². The van der Waals surface area contributed by atoms with Crippen LogP contribution in [0.3, 0.4) is 0 Å². The molecule has 0 unspecified atom stereocenters. The van der Waals surface area contributed by atoms with Crippen LogP contribution in [0.5, 0.6) is 0 Å². The molecule has 1 aromatic rings. The molecule has 0 aliphatic heterocycles. The van der Waals surface area contributed by atoms with Gasteiger partial charge in [0.2, 0.25) is 0 Å². The van der Waals surface area contributed by atoms with E-state index >= 15 is 0 Å². The third-order valence-electron chi connectivity index (χ3n) is 2.42. The fourth-order valence-corrected chi connectivity index (χ4v) is 1.53. The molecule has 1 aromatic carbocycles. The first-order valence-electron chi connectivity index (χ1n) is 5.06. The van der Waals surface area contributed by atoms with Crippen molar-refractivity contribution in [3.8, 4) is 0 Å². The molecule has 15 heavy (non-hydrogen) atoms. The Kier molecular flexibility index (Phi) is 5.32. The van der Waals surface area contributed by atoms with Gasteiger partial charge in [-0.1, -0.05) is 30.3 Å². The summed E-state index contributed by atoms with van der Waals surface area (Å²) in [6.45, 7) is 3.29. The molecule has 3 heteroatoms. The van der Waals surface area contributed by atoms with Crippen LogP contribution >= 0.6 is 0 Å². The molecule has 0 saturated carbocycles. The fourth-order valence-electron chi connectivity index (χ4n) is 1.53. The predicted molar refractivity (Wildman–Crippen MR) is 60.4 cm³/mol. The molecule has 0 spiro atoms. The number of nitrogens with zero attached hydrogens (tertiary/aromatic N) is 1. The molecule has 0 aromatic heterocycles. The first-order chi connectivity index (χ1) is 7.29. The maximum absolute atomic E-state index is 5.15. The summed E-state index contributed by atoms with van der Waals surface area (Å²) in [6.07, 6.45) is 0. The molecule has 0 N–H and O–H groups in total. The molecular weight excluding hydrogens is 190 g/mol. The van der Waals surface area contributed by atoms with E-state index in [4.69, 9.17) is 9.47 Å². The van der Waals surface area contributed by atoms with Gasteiger partial charge in [0.15, 0.2) is 0 Å². The van der Waals surface area contributed by atoms with Gasteiger partial charge in [-0.25, -0.2) is 0 Å². The Balaban J connectivity index is 2.67. The average Bonchev–Trinajstić information content (AvgIpc) is 2.29. The van der Waals surface area contributed by atoms with Gasteiger partial charge in [0.1, 0.15) is 13.5 Å². The van der Waals surface area contributed by atoms with Gasteiger partial charge in [-0.2, -0.15) is 0 Å². The molecule has 1 atom stereocenters. The van der Waals surface area contributed by atoms with Crippen molar-refractivity contribution in [2.45, 2.75) is 13.0 Å². The van der Waals surface area contributed by atoms with E-state index in [9.17, 15) is 0 Å². The van der Waals surface area contributed by atoms with Gasteiger partial charge in [-0.05, 0) is 12.5 Å². The monoisotopic (exact) mass is 209 g/mol. The normalized spacial score (nSPS) is 13.1. The Bertz CT molecular complexity index is 258. The molecule has 0 bridgehead atoms. The van der Waals surface area contributed by atoms with Crippen molar-refractivity contribution < 1.29 is 9.47 Å². The van der Waals surface area contributed by atoms with Crippen LogP contribution in [-0.2, 0) is 9.47 Å². The van der Waals surface area contributed by atoms with Crippen LogP contribution in [0.2, 0.25) is 0 Å². The fraction of sp³-hybridized carbons (Fsp3) is 0.500. The largest absolute Gasteiger partial charge is 0.369 e. The Labute approximate surface area is 91.6 Å². The van der Waals surface area contributed by atoms with Gasteiger partial charge in [-0.15, -0.1) is 0 Å². The summed E-state index contributed by atoms with van der Waals surface area (Å²) in [7, 11) is 3.39. The topological polar surface area (TPSA) is 21.7 Å². The van der Waals surface area contributed by atoms with E-state index in [1.54, 1.807) is 14.2 Å². The molecule has 0 saturated heterocycles. The molecule has 0 amide bonds. The Morgan fingerprint density at radius 1 is 1.07 bits per heavy atom. The highest BCUT2D eigenvalue weighted by Crippen LogP contribution is 2.19. The summed E-state index contributed by atoms with van der Waals surface area (Å²) in [5.74, 6) is 0. The Morgan fingerprint density at radius 2 is 1.60 bits per heavy atom. The van der Waals surface area contributed by atoms with E-state index in [2.05, 4.69) is 24.0 Å². The summed E-state index contributed by atoms with van der Waals surface area (Å²) < 4.78 is 10.3. The van der Waals surface area contributed by atoms with Gasteiger partial charge < -0.3 is 9.47 Å². The number of methoxy groups -OCH3 is 2. The zero-order valence-electron chi connectivity index (χ0n) is 9.64. The first kappa shape index (κ1) is 12.2. The zero-order chi connectivity index (χ0) is 11.1. The van der Waals surface area contributed by atoms with Crippen molar-refractivity contribution in [1.29, 1.82) is 0 Å². The highest BCUT2D eigenvalue weighted by molar-refractivity contribution is 5.18. The predicted octanol–water partition coefficient (Wildman–Crippen LogP) is 2.26. The molecular formula is C12H19NO2. The lowest BCUT2D eigenvalue weighted by molar-refractivity contribution is -0.0360. The number of hydrogen-bond donors (Lipinski definition) is 0. The van der Waals surface area contributed by atoms with Gasteiger partial charge in [0, 0.05) is 20.3 Å². The van der Waals surface area contributed by atoms with E-state index in [0.29, 0.717) is 19.5 Å². The lowest BCUT2D eigenvalue weighted by Gasteiger charge is -2.27. The smallest absolute Gasteiger partial charge is 0.101 e. The standard InChI is InChI=1S/C12H19NO2/c1-11(12-7-5-4-6-8-12)13(9-14-2)10-15-3/h4-8,11H,9-10H2,1-3H3/t11-/m1/s1. The van der Waals surface area contributed by atoms with Crippen molar-refractivity contribution in [2.75, 3.05) is 27.7 Å². The second-order valence-corrected chi connectivity index (χ2v) is 3.51. The molecule has 0 fully saturated rings. The van der Waals surface area contributed by atoms with Crippen molar-refractivity contribution in [3.63, 3.8) is 0 Å². The van der Waals surface area contributed by atoms with E-state index in [1.165, 1.54) is 5.56 Å². The van der Waals surface area contributed by atoms with E-state index in [0.717, 1.165) is 0 Å². The quantitative estimate of drug-likeness (QED) is 0.671. The summed E-state index contributed by atoms with van der Waals surface area (Å²) >= 11 is 0. The number of hydrogen-bond acceptors (Lipinski definition) is 3. The van der Waals surface area contributed by atoms with E-state index in [-0.39, 0.29) is 0 Å². The summed E-state index contributed by atoms with van der Waals surface area (Å²) in [5, 5.41) is 0. The Morgan fingerprint density at radius 3 is 2.07 bits per heavy atom. The molecule has 84 valence electrons. The zero-order valence-corrected chi connectivity index (χ0v) is 9.64. The van der Waals surface area contributed by atoms with Crippen LogP contribution in [0, 0.1) is 0 Å². The maximum atomic E-state index is 5.15. The summed E-state index contributed by atoms with van der Waals surface area (Å²) in [4.78, 5) is 2.12. The first-order valence-corrected chi connectivity index (χ1v) is 5.06. The van der Waals surface area contributed by atoms with Crippen LogP contribution in [-0.4, -0.2) is 32.6 Å². The number of benzene rings is 1. The summed E-state index contributed by atoms with van der Waals surface area (Å²) in [5.41, 5.74) is 1.27. The minimum absolute atomic E-state index is 0.297. The minimum atomic E-state index is 0.297. The van der Waals surface area contributed by atoms with Crippen molar-refractivity contribution in [1.82, 2.24) is 4.90 Å². The molecule has 1 rings (SSSR count). The second kappa shape index (κ2) is 6.56. The highest BCUT2D eigenvalue weighted by Gasteiger charge is 2.14. The van der Waals surface area contributed by atoms with Crippen LogP contribution < -0.4 is 0 Å². The molecule has 3 nitrogen and oxygen atoms in total.